The van der Waals surface area contributed by atoms with Crippen molar-refractivity contribution in [2.24, 2.45) is 11.8 Å². The first kappa shape index (κ1) is 12.8. The highest BCUT2D eigenvalue weighted by Crippen LogP contribution is 2.45. The van der Waals surface area contributed by atoms with E-state index in [-0.39, 0.29) is 11.1 Å². The zero-order chi connectivity index (χ0) is 11.9. The van der Waals surface area contributed by atoms with Crippen molar-refractivity contribution < 1.29 is 4.43 Å². The van der Waals surface area contributed by atoms with E-state index in [4.69, 9.17) is 10.8 Å². The Morgan fingerprint density at radius 1 is 1.40 bits per heavy atom. The van der Waals surface area contributed by atoms with Gasteiger partial charge in [-0.1, -0.05) is 33.6 Å². The summed E-state index contributed by atoms with van der Waals surface area (Å²) in [4.78, 5) is 0. The summed E-state index contributed by atoms with van der Waals surface area (Å²) in [5.41, 5.74) is 0. The van der Waals surface area contributed by atoms with Crippen LogP contribution in [0, 0.1) is 24.2 Å². The topological polar surface area (TPSA) is 9.23 Å². The molecule has 1 rings (SSSR count). The Hall–Kier alpha value is -0.263. The predicted octanol–water partition coefficient (Wildman–Crippen LogP) is 3.67. The summed E-state index contributed by atoms with van der Waals surface area (Å²) >= 11 is 0. The lowest BCUT2D eigenvalue weighted by atomic mass is 10.2. The first-order valence-corrected chi connectivity index (χ1v) is 8.74. The van der Waals surface area contributed by atoms with Crippen LogP contribution in [0.15, 0.2) is 0 Å². The first-order valence-electron chi connectivity index (χ1n) is 5.83. The summed E-state index contributed by atoms with van der Waals surface area (Å²) in [6.07, 6.45) is 6.87. The van der Waals surface area contributed by atoms with Crippen LogP contribution in [0.25, 0.3) is 0 Å². The first-order chi connectivity index (χ1) is 6.69. The third-order valence-corrected chi connectivity index (χ3v) is 8.41. The average Bonchev–Trinajstić information content (AvgIpc) is 2.76. The van der Waals surface area contributed by atoms with Gasteiger partial charge in [0.2, 0.25) is 0 Å². The van der Waals surface area contributed by atoms with Crippen LogP contribution in [-0.4, -0.2) is 14.4 Å². The number of hydrogen-bond donors (Lipinski definition) is 0. The largest absolute Gasteiger partial charge is 0.403 e. The van der Waals surface area contributed by atoms with Crippen LogP contribution >= 0.6 is 0 Å². The number of terminal acetylenes is 1. The molecule has 1 fully saturated rings. The van der Waals surface area contributed by atoms with Crippen molar-refractivity contribution in [3.63, 3.8) is 0 Å². The van der Waals surface area contributed by atoms with Crippen LogP contribution in [-0.2, 0) is 4.43 Å². The van der Waals surface area contributed by atoms with Crippen molar-refractivity contribution in [2.75, 3.05) is 0 Å². The lowest BCUT2D eigenvalue weighted by Crippen LogP contribution is -2.44. The fraction of sp³-hybridized carbons (Fsp3) is 0.846. The van der Waals surface area contributed by atoms with Crippen LogP contribution in [0.2, 0.25) is 18.1 Å². The van der Waals surface area contributed by atoms with Gasteiger partial charge in [0.25, 0.3) is 0 Å². The normalized spacial score (nSPS) is 28.3. The summed E-state index contributed by atoms with van der Waals surface area (Å²) < 4.78 is 6.25. The molecule has 3 atom stereocenters. The maximum atomic E-state index is 6.25. The third kappa shape index (κ3) is 2.86. The molecule has 1 aliphatic carbocycles. The molecular weight excluding hydrogens is 200 g/mol. The van der Waals surface area contributed by atoms with E-state index in [1.54, 1.807) is 0 Å². The van der Waals surface area contributed by atoms with Gasteiger partial charge in [0.15, 0.2) is 8.32 Å². The molecule has 0 aliphatic heterocycles. The van der Waals surface area contributed by atoms with Crippen molar-refractivity contribution in [1.29, 1.82) is 0 Å². The number of rotatable bonds is 3. The van der Waals surface area contributed by atoms with Crippen LogP contribution < -0.4 is 0 Å². The van der Waals surface area contributed by atoms with Crippen LogP contribution in [0.5, 0.6) is 0 Å². The maximum Gasteiger partial charge on any atom is 0.193 e. The van der Waals surface area contributed by atoms with Gasteiger partial charge in [0.1, 0.15) is 6.10 Å². The highest BCUT2D eigenvalue weighted by atomic mass is 28.4. The second-order valence-corrected chi connectivity index (χ2v) is 11.1. The molecule has 1 saturated carbocycles. The monoisotopic (exact) mass is 224 g/mol. The van der Waals surface area contributed by atoms with Gasteiger partial charge in [-0.3, -0.25) is 0 Å². The second-order valence-electron chi connectivity index (χ2n) is 6.34. The Morgan fingerprint density at radius 3 is 2.13 bits per heavy atom. The molecular formula is C13H24OSi. The molecule has 0 aromatic carbocycles. The van der Waals surface area contributed by atoms with E-state index < -0.39 is 8.32 Å². The smallest absolute Gasteiger partial charge is 0.193 e. The molecule has 0 saturated heterocycles. The number of hydrogen-bond acceptors (Lipinski definition) is 1. The molecule has 0 amide bonds. The van der Waals surface area contributed by atoms with E-state index >= 15 is 0 Å². The van der Waals surface area contributed by atoms with E-state index in [9.17, 15) is 0 Å². The van der Waals surface area contributed by atoms with Crippen LogP contribution in [0.4, 0.5) is 0 Å². The van der Waals surface area contributed by atoms with E-state index in [0.717, 1.165) is 5.92 Å². The van der Waals surface area contributed by atoms with Gasteiger partial charge in [0.05, 0.1) is 0 Å². The van der Waals surface area contributed by atoms with Crippen molar-refractivity contribution in [3.8, 4) is 12.3 Å². The van der Waals surface area contributed by atoms with Gasteiger partial charge < -0.3 is 4.43 Å². The molecule has 1 aliphatic rings. The van der Waals surface area contributed by atoms with Crippen molar-refractivity contribution in [3.05, 3.63) is 0 Å². The molecule has 0 unspecified atom stereocenters. The zero-order valence-electron chi connectivity index (χ0n) is 10.9. The minimum absolute atomic E-state index is 0.0564. The molecule has 0 aromatic rings. The molecule has 0 radical (unpaired) electrons. The Bertz CT molecular complexity index is 269. The van der Waals surface area contributed by atoms with Crippen LogP contribution in [0.3, 0.4) is 0 Å². The van der Waals surface area contributed by atoms with Gasteiger partial charge >= 0.3 is 0 Å². The highest BCUT2D eigenvalue weighted by Gasteiger charge is 2.45. The highest BCUT2D eigenvalue weighted by molar-refractivity contribution is 6.74. The Morgan fingerprint density at radius 2 is 1.87 bits per heavy atom. The molecule has 2 heteroatoms. The standard InChI is InChI=1S/C13H24OSi/c1-8-12(11-9-10(11)2)14-15(6,7)13(3,4)5/h1,10-12H,9H2,2-7H3/t10-,11-,12+/m1/s1. The molecule has 1 nitrogen and oxygen atoms in total. The summed E-state index contributed by atoms with van der Waals surface area (Å²) in [6.45, 7) is 13.5. The Labute approximate surface area is 95.7 Å². The average molecular weight is 224 g/mol. The van der Waals surface area contributed by atoms with E-state index in [1.165, 1.54) is 6.42 Å². The quantitative estimate of drug-likeness (QED) is 0.525. The minimum atomic E-state index is -1.68. The summed E-state index contributed by atoms with van der Waals surface area (Å²) in [5.74, 6) is 4.21. The van der Waals surface area contributed by atoms with Crippen molar-refractivity contribution in [1.82, 2.24) is 0 Å². The Balaban J connectivity index is 2.64. The molecule has 0 heterocycles. The van der Waals surface area contributed by atoms with Crippen molar-refractivity contribution >= 4 is 8.32 Å². The maximum absolute atomic E-state index is 6.25. The molecule has 0 spiro atoms. The zero-order valence-corrected chi connectivity index (χ0v) is 11.9. The van der Waals surface area contributed by atoms with E-state index in [2.05, 4.69) is 46.7 Å². The lowest BCUT2D eigenvalue weighted by molar-refractivity contribution is 0.206. The van der Waals surface area contributed by atoms with Gasteiger partial charge in [-0.2, -0.15) is 0 Å². The summed E-state index contributed by atoms with van der Waals surface area (Å²) in [6, 6.07) is 0. The fourth-order valence-electron chi connectivity index (χ4n) is 1.51. The molecule has 0 N–H and O–H groups in total. The van der Waals surface area contributed by atoms with Gasteiger partial charge in [0, 0.05) is 0 Å². The molecule has 0 aromatic heterocycles. The molecule has 0 bridgehead atoms. The predicted molar refractivity (Wildman–Crippen MR) is 68.2 cm³/mol. The summed E-state index contributed by atoms with van der Waals surface area (Å²) in [5, 5.41) is 0.250. The van der Waals surface area contributed by atoms with Gasteiger partial charge in [-0.25, -0.2) is 0 Å². The Kier molecular flexibility index (Phi) is 3.38. The summed E-state index contributed by atoms with van der Waals surface area (Å²) in [7, 11) is -1.68. The molecule has 86 valence electrons. The third-order valence-electron chi connectivity index (χ3n) is 3.95. The van der Waals surface area contributed by atoms with Crippen molar-refractivity contribution in [2.45, 2.75) is 58.4 Å². The second kappa shape index (κ2) is 3.96. The molecule has 15 heavy (non-hydrogen) atoms. The SMILES string of the molecule is C#C[C@H](O[Si](C)(C)C(C)(C)C)[C@@H]1C[C@H]1C. The van der Waals surface area contributed by atoms with E-state index in [0.29, 0.717) is 5.92 Å². The fourth-order valence-corrected chi connectivity index (χ4v) is 2.74. The van der Waals surface area contributed by atoms with E-state index in [1.807, 2.05) is 0 Å². The van der Waals surface area contributed by atoms with Gasteiger partial charge in [-0.15, -0.1) is 6.42 Å². The van der Waals surface area contributed by atoms with Crippen LogP contribution in [0.1, 0.15) is 34.1 Å². The minimum Gasteiger partial charge on any atom is -0.403 e. The lowest BCUT2D eigenvalue weighted by Gasteiger charge is -2.38. The van der Waals surface area contributed by atoms with Gasteiger partial charge in [-0.05, 0) is 36.4 Å².